The molecule has 0 unspecified atom stereocenters. The number of benzene rings is 2. The number of aromatic amines is 1. The molecule has 0 fully saturated rings. The molecule has 7 heteroatoms. The molecule has 2 aromatic carbocycles. The standard InChI is InChI=1S/C26H22N4O3/c1-32-17-7-8-19(23(13-17)33-2)24-25-20(18-5-3-4-6-21(18)29-25)14-22(30-24)26(31)28-15-16-9-11-27-12-10-16/h3-14,29H,15H2,1-2H3,(H,28,31). The monoisotopic (exact) mass is 438 g/mol. The third kappa shape index (κ3) is 3.85. The number of hydrogen-bond donors (Lipinski definition) is 2. The minimum absolute atomic E-state index is 0.257. The first-order valence-corrected chi connectivity index (χ1v) is 10.5. The minimum Gasteiger partial charge on any atom is -0.497 e. The maximum Gasteiger partial charge on any atom is 0.270 e. The highest BCUT2D eigenvalue weighted by molar-refractivity contribution is 6.13. The van der Waals surface area contributed by atoms with E-state index < -0.39 is 0 Å². The molecule has 0 atom stereocenters. The third-order valence-corrected chi connectivity index (χ3v) is 5.60. The van der Waals surface area contributed by atoms with Crippen LogP contribution < -0.4 is 14.8 Å². The average molecular weight is 438 g/mol. The van der Waals surface area contributed by atoms with Crippen LogP contribution in [0.25, 0.3) is 33.1 Å². The summed E-state index contributed by atoms with van der Waals surface area (Å²) in [7, 11) is 3.21. The summed E-state index contributed by atoms with van der Waals surface area (Å²) in [6.07, 6.45) is 3.40. The normalized spacial score (nSPS) is 11.0. The lowest BCUT2D eigenvalue weighted by Crippen LogP contribution is -2.24. The molecule has 5 rings (SSSR count). The van der Waals surface area contributed by atoms with Crippen LogP contribution in [0.15, 0.2) is 73.1 Å². The van der Waals surface area contributed by atoms with E-state index in [0.717, 1.165) is 32.9 Å². The van der Waals surface area contributed by atoms with Crippen molar-refractivity contribution < 1.29 is 14.3 Å². The largest absolute Gasteiger partial charge is 0.497 e. The van der Waals surface area contributed by atoms with Crippen molar-refractivity contribution in [1.82, 2.24) is 20.3 Å². The van der Waals surface area contributed by atoms with E-state index in [4.69, 9.17) is 14.5 Å². The lowest BCUT2D eigenvalue weighted by Gasteiger charge is -2.12. The van der Waals surface area contributed by atoms with Gasteiger partial charge in [-0.1, -0.05) is 18.2 Å². The van der Waals surface area contributed by atoms with E-state index >= 15 is 0 Å². The molecular formula is C26H22N4O3. The van der Waals surface area contributed by atoms with Crippen LogP contribution in [0, 0.1) is 0 Å². The molecule has 7 nitrogen and oxygen atoms in total. The Labute approximate surface area is 190 Å². The summed E-state index contributed by atoms with van der Waals surface area (Å²) in [6, 6.07) is 19.1. The number of nitrogens with one attached hydrogen (secondary N) is 2. The quantitative estimate of drug-likeness (QED) is 0.400. The van der Waals surface area contributed by atoms with Crippen molar-refractivity contribution in [1.29, 1.82) is 0 Å². The smallest absolute Gasteiger partial charge is 0.270 e. The summed E-state index contributed by atoms with van der Waals surface area (Å²) in [5.41, 5.74) is 4.50. The van der Waals surface area contributed by atoms with Crippen LogP contribution >= 0.6 is 0 Å². The summed E-state index contributed by atoms with van der Waals surface area (Å²) >= 11 is 0. The Bertz CT molecular complexity index is 1460. The second-order valence-electron chi connectivity index (χ2n) is 7.55. The highest BCUT2D eigenvalue weighted by Gasteiger charge is 2.19. The van der Waals surface area contributed by atoms with Gasteiger partial charge in [0.1, 0.15) is 17.2 Å². The summed E-state index contributed by atoms with van der Waals surface area (Å²) in [5, 5.41) is 4.89. The maximum absolute atomic E-state index is 13.1. The predicted molar refractivity (Wildman–Crippen MR) is 128 cm³/mol. The molecule has 0 aliphatic rings. The Morgan fingerprint density at radius 3 is 2.58 bits per heavy atom. The Balaban J connectivity index is 1.65. The van der Waals surface area contributed by atoms with Gasteiger partial charge in [0.05, 0.1) is 25.4 Å². The number of carbonyl (C=O) groups is 1. The summed E-state index contributed by atoms with van der Waals surface area (Å²) in [4.78, 5) is 25.3. The zero-order valence-electron chi connectivity index (χ0n) is 18.3. The van der Waals surface area contributed by atoms with E-state index in [9.17, 15) is 4.79 Å². The Kier molecular flexibility index (Phi) is 5.36. The van der Waals surface area contributed by atoms with E-state index in [1.165, 1.54) is 0 Å². The highest BCUT2D eigenvalue weighted by Crippen LogP contribution is 2.38. The maximum atomic E-state index is 13.1. The number of carbonyl (C=O) groups excluding carboxylic acids is 1. The molecule has 5 aromatic rings. The molecule has 0 radical (unpaired) electrons. The number of hydrogen-bond acceptors (Lipinski definition) is 5. The molecule has 33 heavy (non-hydrogen) atoms. The Morgan fingerprint density at radius 1 is 0.970 bits per heavy atom. The molecule has 0 aliphatic heterocycles. The molecular weight excluding hydrogens is 416 g/mol. The molecule has 0 spiro atoms. The molecule has 0 saturated heterocycles. The van der Waals surface area contributed by atoms with Gasteiger partial charge in [0.25, 0.3) is 5.91 Å². The van der Waals surface area contributed by atoms with Crippen LogP contribution in [0.1, 0.15) is 16.1 Å². The second kappa shape index (κ2) is 8.63. The van der Waals surface area contributed by atoms with Crippen LogP contribution in [0.4, 0.5) is 0 Å². The fourth-order valence-electron chi connectivity index (χ4n) is 3.92. The van der Waals surface area contributed by atoms with Crippen molar-refractivity contribution in [3.63, 3.8) is 0 Å². The molecule has 2 N–H and O–H groups in total. The summed E-state index contributed by atoms with van der Waals surface area (Å²) < 4.78 is 11.0. The number of ether oxygens (including phenoxy) is 2. The van der Waals surface area contributed by atoms with Gasteiger partial charge in [-0.15, -0.1) is 0 Å². The van der Waals surface area contributed by atoms with Gasteiger partial charge in [-0.25, -0.2) is 4.98 Å². The number of methoxy groups -OCH3 is 2. The number of para-hydroxylation sites is 1. The van der Waals surface area contributed by atoms with E-state index in [2.05, 4.69) is 15.3 Å². The topological polar surface area (TPSA) is 89.1 Å². The van der Waals surface area contributed by atoms with Gasteiger partial charge in [-0.05, 0) is 42.0 Å². The van der Waals surface area contributed by atoms with Gasteiger partial charge in [0.15, 0.2) is 0 Å². The Hall–Kier alpha value is -4.39. The van der Waals surface area contributed by atoms with Crippen molar-refractivity contribution in [2.75, 3.05) is 14.2 Å². The third-order valence-electron chi connectivity index (χ3n) is 5.60. The zero-order chi connectivity index (χ0) is 22.8. The molecule has 3 aromatic heterocycles. The molecule has 164 valence electrons. The average Bonchev–Trinajstić information content (AvgIpc) is 3.25. The number of amides is 1. The first kappa shape index (κ1) is 20.5. The molecule has 1 amide bonds. The van der Waals surface area contributed by atoms with Crippen molar-refractivity contribution in [3.8, 4) is 22.8 Å². The van der Waals surface area contributed by atoms with Crippen LogP contribution in [0.5, 0.6) is 11.5 Å². The van der Waals surface area contributed by atoms with Crippen molar-refractivity contribution >= 4 is 27.7 Å². The fraction of sp³-hybridized carbons (Fsp3) is 0.115. The van der Waals surface area contributed by atoms with Gasteiger partial charge in [0, 0.05) is 46.9 Å². The van der Waals surface area contributed by atoms with Crippen LogP contribution in [0.2, 0.25) is 0 Å². The SMILES string of the molecule is COc1ccc(-c2nc(C(=O)NCc3ccncc3)cc3c2[nH]c2ccccc23)c(OC)c1. The van der Waals surface area contributed by atoms with E-state index in [1.54, 1.807) is 26.6 Å². The minimum atomic E-state index is -0.257. The number of H-pyrrole nitrogens is 1. The number of pyridine rings is 2. The molecule has 0 saturated carbocycles. The van der Waals surface area contributed by atoms with Gasteiger partial charge < -0.3 is 19.8 Å². The summed E-state index contributed by atoms with van der Waals surface area (Å²) in [5.74, 6) is 1.03. The van der Waals surface area contributed by atoms with E-state index in [1.807, 2.05) is 60.7 Å². The van der Waals surface area contributed by atoms with E-state index in [-0.39, 0.29) is 5.91 Å². The van der Waals surface area contributed by atoms with Gasteiger partial charge >= 0.3 is 0 Å². The van der Waals surface area contributed by atoms with Crippen LogP contribution in [0.3, 0.4) is 0 Å². The molecule has 0 aliphatic carbocycles. The van der Waals surface area contributed by atoms with Crippen molar-refractivity contribution in [2.24, 2.45) is 0 Å². The van der Waals surface area contributed by atoms with Crippen molar-refractivity contribution in [2.45, 2.75) is 6.54 Å². The second-order valence-corrected chi connectivity index (χ2v) is 7.55. The number of fused-ring (bicyclic) bond motifs is 3. The fourth-order valence-corrected chi connectivity index (χ4v) is 3.92. The first-order chi connectivity index (χ1) is 16.2. The summed E-state index contributed by atoms with van der Waals surface area (Å²) in [6.45, 7) is 0.385. The van der Waals surface area contributed by atoms with Crippen LogP contribution in [-0.2, 0) is 6.54 Å². The number of nitrogens with zero attached hydrogens (tertiary/aromatic N) is 2. The number of rotatable bonds is 6. The predicted octanol–water partition coefficient (Wildman–Crippen LogP) is 4.73. The van der Waals surface area contributed by atoms with Crippen molar-refractivity contribution in [3.05, 3.63) is 84.3 Å². The molecule has 3 heterocycles. The van der Waals surface area contributed by atoms with Gasteiger partial charge in [-0.3, -0.25) is 9.78 Å². The lowest BCUT2D eigenvalue weighted by molar-refractivity contribution is 0.0946. The lowest BCUT2D eigenvalue weighted by atomic mass is 10.0. The van der Waals surface area contributed by atoms with Gasteiger partial charge in [0.2, 0.25) is 0 Å². The van der Waals surface area contributed by atoms with E-state index in [0.29, 0.717) is 29.4 Å². The van der Waals surface area contributed by atoms with Crippen LogP contribution in [-0.4, -0.2) is 35.1 Å². The molecule has 0 bridgehead atoms. The Morgan fingerprint density at radius 2 is 1.79 bits per heavy atom. The van der Waals surface area contributed by atoms with Gasteiger partial charge in [-0.2, -0.15) is 0 Å². The zero-order valence-corrected chi connectivity index (χ0v) is 18.3. The highest BCUT2D eigenvalue weighted by atomic mass is 16.5. The first-order valence-electron chi connectivity index (χ1n) is 10.5. The number of aromatic nitrogens is 3.